The van der Waals surface area contributed by atoms with E-state index in [9.17, 15) is 9.59 Å². The Balaban J connectivity index is 0.00000243. The molecule has 3 N–H and O–H groups in total. The van der Waals surface area contributed by atoms with Crippen LogP contribution in [0.4, 0.5) is 0 Å². The lowest BCUT2D eigenvalue weighted by Crippen LogP contribution is -2.51. The fourth-order valence-electron chi connectivity index (χ4n) is 3.70. The number of piperidine rings is 1. The van der Waals surface area contributed by atoms with Gasteiger partial charge in [0.2, 0.25) is 5.91 Å². The molecule has 2 atom stereocenters. The van der Waals surface area contributed by atoms with Crippen LogP contribution in [-0.2, 0) is 20.7 Å². The van der Waals surface area contributed by atoms with Crippen molar-refractivity contribution >= 4 is 24.2 Å². The fraction of sp³-hybridized carbons (Fsp3) is 0.579. The van der Waals surface area contributed by atoms with E-state index in [4.69, 9.17) is 10.5 Å². The first-order chi connectivity index (χ1) is 12.2. The smallest absolute Gasteiger partial charge is 0.256 e. The van der Waals surface area contributed by atoms with Crippen molar-refractivity contribution in [3.05, 3.63) is 35.4 Å². The van der Waals surface area contributed by atoms with Crippen molar-refractivity contribution in [1.82, 2.24) is 10.2 Å². The molecule has 1 aromatic carbocycles. The standard InChI is InChI=1S/C19H27N3O3.ClH/c20-10-8-17(23)21-13-15-6-3-4-11-22(15)19(24)18-16-7-2-1-5-14(16)9-12-25-18;/h1-2,5,7,15,18H,3-4,6,8-13,20H2,(H,21,23);1H. The topological polar surface area (TPSA) is 84.7 Å². The maximum Gasteiger partial charge on any atom is 0.256 e. The van der Waals surface area contributed by atoms with Gasteiger partial charge in [-0.2, -0.15) is 0 Å². The summed E-state index contributed by atoms with van der Waals surface area (Å²) < 4.78 is 5.84. The van der Waals surface area contributed by atoms with Crippen LogP contribution in [0, 0.1) is 0 Å². The molecular formula is C19H28ClN3O3. The second-order valence-corrected chi connectivity index (χ2v) is 6.72. The Kier molecular flexibility index (Phi) is 7.87. The van der Waals surface area contributed by atoms with Crippen LogP contribution in [0.25, 0.3) is 0 Å². The normalized spacial score (nSPS) is 22.1. The first-order valence-electron chi connectivity index (χ1n) is 9.17. The second kappa shape index (κ2) is 9.90. The van der Waals surface area contributed by atoms with Crippen molar-refractivity contribution in [3.8, 4) is 0 Å². The average molecular weight is 382 g/mol. The highest BCUT2D eigenvalue weighted by atomic mass is 35.5. The summed E-state index contributed by atoms with van der Waals surface area (Å²) in [6.45, 7) is 2.11. The molecule has 2 amide bonds. The van der Waals surface area contributed by atoms with Crippen LogP contribution in [0.3, 0.4) is 0 Å². The van der Waals surface area contributed by atoms with Crippen molar-refractivity contribution in [1.29, 1.82) is 0 Å². The van der Waals surface area contributed by atoms with Gasteiger partial charge in [-0.05, 0) is 36.8 Å². The number of hydrogen-bond donors (Lipinski definition) is 2. The summed E-state index contributed by atoms with van der Waals surface area (Å²) in [4.78, 5) is 26.8. The monoisotopic (exact) mass is 381 g/mol. The number of nitrogens with zero attached hydrogens (tertiary/aromatic N) is 1. The minimum Gasteiger partial charge on any atom is -0.363 e. The number of benzene rings is 1. The number of ether oxygens (including phenoxy) is 1. The van der Waals surface area contributed by atoms with Crippen molar-refractivity contribution in [2.75, 3.05) is 26.2 Å². The number of carbonyl (C=O) groups excluding carboxylic acids is 2. The highest BCUT2D eigenvalue weighted by molar-refractivity contribution is 5.85. The van der Waals surface area contributed by atoms with E-state index in [1.54, 1.807) is 0 Å². The van der Waals surface area contributed by atoms with Gasteiger partial charge in [-0.3, -0.25) is 9.59 Å². The Bertz CT molecular complexity index is 626. The number of likely N-dealkylation sites (tertiary alicyclic amines) is 1. The predicted molar refractivity (Wildman–Crippen MR) is 102 cm³/mol. The Morgan fingerprint density at radius 3 is 2.88 bits per heavy atom. The highest BCUT2D eigenvalue weighted by Gasteiger charge is 2.35. The van der Waals surface area contributed by atoms with Crippen LogP contribution in [0.2, 0.25) is 0 Å². The van der Waals surface area contributed by atoms with E-state index in [2.05, 4.69) is 11.4 Å². The summed E-state index contributed by atoms with van der Waals surface area (Å²) >= 11 is 0. The molecule has 2 aliphatic heterocycles. The molecule has 0 saturated carbocycles. The number of halogens is 1. The van der Waals surface area contributed by atoms with Crippen molar-refractivity contribution in [2.24, 2.45) is 5.73 Å². The maximum atomic E-state index is 13.2. The molecule has 2 unspecified atom stereocenters. The molecule has 0 aromatic heterocycles. The summed E-state index contributed by atoms with van der Waals surface area (Å²) in [5, 5.41) is 2.91. The molecule has 26 heavy (non-hydrogen) atoms. The van der Waals surface area contributed by atoms with E-state index in [1.807, 2.05) is 23.1 Å². The fourth-order valence-corrected chi connectivity index (χ4v) is 3.70. The number of amides is 2. The molecule has 6 nitrogen and oxygen atoms in total. The van der Waals surface area contributed by atoms with Crippen LogP contribution in [0.15, 0.2) is 24.3 Å². The molecule has 0 bridgehead atoms. The molecule has 1 aromatic rings. The van der Waals surface area contributed by atoms with Crippen LogP contribution < -0.4 is 11.1 Å². The Labute approximate surface area is 160 Å². The van der Waals surface area contributed by atoms with Gasteiger partial charge in [0.05, 0.1) is 6.61 Å². The molecule has 2 heterocycles. The Morgan fingerprint density at radius 1 is 1.27 bits per heavy atom. The number of nitrogens with two attached hydrogens (primary N) is 1. The molecule has 144 valence electrons. The number of hydrogen-bond acceptors (Lipinski definition) is 4. The van der Waals surface area contributed by atoms with Gasteiger partial charge in [0.25, 0.3) is 5.91 Å². The van der Waals surface area contributed by atoms with Gasteiger partial charge in [0, 0.05) is 32.1 Å². The van der Waals surface area contributed by atoms with Gasteiger partial charge in [0.15, 0.2) is 6.10 Å². The van der Waals surface area contributed by atoms with Gasteiger partial charge in [-0.1, -0.05) is 24.3 Å². The summed E-state index contributed by atoms with van der Waals surface area (Å²) in [5.74, 6) is -0.0374. The number of rotatable bonds is 5. The van der Waals surface area contributed by atoms with Gasteiger partial charge in [-0.25, -0.2) is 0 Å². The molecular weight excluding hydrogens is 354 g/mol. The third-order valence-electron chi connectivity index (χ3n) is 5.03. The zero-order chi connectivity index (χ0) is 17.6. The summed E-state index contributed by atoms with van der Waals surface area (Å²) in [6.07, 6.45) is 3.61. The average Bonchev–Trinajstić information content (AvgIpc) is 2.66. The molecule has 3 rings (SSSR count). The van der Waals surface area contributed by atoms with E-state index >= 15 is 0 Å². The molecule has 0 spiro atoms. The molecule has 1 saturated heterocycles. The van der Waals surface area contributed by atoms with Crippen molar-refractivity contribution < 1.29 is 14.3 Å². The predicted octanol–water partition coefficient (Wildman–Crippen LogP) is 1.57. The van der Waals surface area contributed by atoms with E-state index < -0.39 is 6.10 Å². The quantitative estimate of drug-likeness (QED) is 0.810. The molecule has 1 fully saturated rings. The minimum absolute atomic E-state index is 0. The van der Waals surface area contributed by atoms with Crippen LogP contribution in [-0.4, -0.2) is 49.0 Å². The number of nitrogens with one attached hydrogen (secondary N) is 1. The maximum absolute atomic E-state index is 13.2. The zero-order valence-corrected chi connectivity index (χ0v) is 15.8. The van der Waals surface area contributed by atoms with Gasteiger partial charge in [0.1, 0.15) is 0 Å². The summed E-state index contributed by atoms with van der Waals surface area (Å²) in [5.41, 5.74) is 7.59. The van der Waals surface area contributed by atoms with Gasteiger partial charge >= 0.3 is 0 Å². The zero-order valence-electron chi connectivity index (χ0n) is 15.0. The number of carbonyl (C=O) groups is 2. The number of fused-ring (bicyclic) bond motifs is 1. The van der Waals surface area contributed by atoms with Crippen LogP contribution >= 0.6 is 12.4 Å². The van der Waals surface area contributed by atoms with E-state index in [-0.39, 0.29) is 30.3 Å². The molecule has 0 radical (unpaired) electrons. The first-order valence-corrected chi connectivity index (χ1v) is 9.17. The first kappa shape index (κ1) is 20.7. The van der Waals surface area contributed by atoms with Crippen LogP contribution in [0.5, 0.6) is 0 Å². The Hall–Kier alpha value is -1.63. The van der Waals surface area contributed by atoms with Gasteiger partial charge in [-0.15, -0.1) is 12.4 Å². The molecule has 0 aliphatic carbocycles. The molecule has 7 heteroatoms. The minimum atomic E-state index is -0.523. The van der Waals surface area contributed by atoms with E-state index in [0.29, 0.717) is 26.1 Å². The van der Waals surface area contributed by atoms with E-state index in [0.717, 1.165) is 37.8 Å². The lowest BCUT2D eigenvalue weighted by molar-refractivity contribution is -0.149. The Morgan fingerprint density at radius 2 is 2.08 bits per heavy atom. The highest BCUT2D eigenvalue weighted by Crippen LogP contribution is 2.30. The third kappa shape index (κ3) is 4.75. The molecule has 2 aliphatic rings. The van der Waals surface area contributed by atoms with Crippen molar-refractivity contribution in [2.45, 2.75) is 44.2 Å². The lowest BCUT2D eigenvalue weighted by Gasteiger charge is -2.39. The second-order valence-electron chi connectivity index (χ2n) is 6.72. The summed E-state index contributed by atoms with van der Waals surface area (Å²) in [6, 6.07) is 8.04. The van der Waals surface area contributed by atoms with Crippen LogP contribution in [0.1, 0.15) is 42.9 Å². The van der Waals surface area contributed by atoms with Crippen molar-refractivity contribution in [3.63, 3.8) is 0 Å². The lowest BCUT2D eigenvalue weighted by atomic mass is 9.94. The van der Waals surface area contributed by atoms with E-state index in [1.165, 1.54) is 5.56 Å². The summed E-state index contributed by atoms with van der Waals surface area (Å²) in [7, 11) is 0. The van der Waals surface area contributed by atoms with Gasteiger partial charge < -0.3 is 20.7 Å². The SMILES string of the molecule is Cl.NCCC(=O)NCC1CCCCN1C(=O)C1OCCc2ccccc21. The largest absolute Gasteiger partial charge is 0.363 e. The third-order valence-corrected chi connectivity index (χ3v) is 5.03.